The van der Waals surface area contributed by atoms with Gasteiger partial charge in [-0.15, -0.1) is 6.58 Å². The van der Waals surface area contributed by atoms with Crippen LogP contribution in [0.3, 0.4) is 0 Å². The zero-order valence-electron chi connectivity index (χ0n) is 3.66. The van der Waals surface area contributed by atoms with Crippen molar-refractivity contribution in [2.45, 2.75) is 12.5 Å². The molecule has 0 aliphatic carbocycles. The van der Waals surface area contributed by atoms with Crippen LogP contribution >= 0.6 is 0 Å². The first-order chi connectivity index (χ1) is 3.06. The fraction of sp³-hybridized carbons (Fsp3) is 0.500. The van der Waals surface area contributed by atoms with Crippen molar-refractivity contribution in [3.8, 4) is 0 Å². The molecule has 0 rings (SSSR count). The van der Waals surface area contributed by atoms with Crippen molar-refractivity contribution in [3.63, 3.8) is 0 Å². The highest BCUT2D eigenvalue weighted by atomic mass is 19.3. The van der Waals surface area contributed by atoms with Crippen LogP contribution in [0.2, 0.25) is 0 Å². The summed E-state index contributed by atoms with van der Waals surface area (Å²) in [6, 6.07) is 0. The van der Waals surface area contributed by atoms with Gasteiger partial charge < -0.3 is 0 Å². The van der Waals surface area contributed by atoms with E-state index in [0.29, 0.717) is 0 Å². The molecule has 7 heavy (non-hydrogen) atoms. The maximum absolute atomic E-state index is 11.1. The van der Waals surface area contributed by atoms with Crippen molar-refractivity contribution in [2.75, 3.05) is 0 Å². The summed E-state index contributed by atoms with van der Waals surface area (Å²) in [6.07, 6.45) is -3.71. The lowest BCUT2D eigenvalue weighted by Gasteiger charge is -1.98. The summed E-state index contributed by atoms with van der Waals surface area (Å²) in [6.45, 7) is 2.97. The van der Waals surface area contributed by atoms with Gasteiger partial charge in [-0.2, -0.15) is 13.9 Å². The molecule has 0 aliphatic heterocycles. The molecule has 1 radical (unpaired) electrons. The van der Waals surface area contributed by atoms with Gasteiger partial charge in [0.2, 0.25) is 0 Å². The second-order valence-electron chi connectivity index (χ2n) is 1.13. The Bertz CT molecular complexity index is 64.6. The third-order valence-corrected chi connectivity index (χ3v) is 0.382. The van der Waals surface area contributed by atoms with Gasteiger partial charge >= 0.3 is 6.11 Å². The van der Waals surface area contributed by atoms with Crippen LogP contribution in [0, 0.1) is 0 Å². The number of alkyl halides is 2. The van der Waals surface area contributed by atoms with E-state index >= 15 is 0 Å². The lowest BCUT2D eigenvalue weighted by atomic mass is 10.4. The molecule has 0 fully saturated rings. The van der Waals surface area contributed by atoms with E-state index < -0.39 is 12.5 Å². The average Bonchev–Trinajstić information content (AvgIpc) is 1.30. The van der Waals surface area contributed by atoms with Crippen LogP contribution in [-0.2, 0) is 5.11 Å². The van der Waals surface area contributed by atoms with Crippen molar-refractivity contribution in [1.82, 2.24) is 0 Å². The number of hydrogen-bond donors (Lipinski definition) is 0. The molecule has 0 aromatic carbocycles. The Kier molecular flexibility index (Phi) is 1.90. The van der Waals surface area contributed by atoms with E-state index in [9.17, 15) is 13.9 Å². The summed E-state index contributed by atoms with van der Waals surface area (Å²) in [5.74, 6) is 0. The van der Waals surface area contributed by atoms with E-state index in [4.69, 9.17) is 0 Å². The largest absolute Gasteiger partial charge is 0.384 e. The molecule has 0 aromatic heterocycles. The third-order valence-electron chi connectivity index (χ3n) is 0.382. The number of hydrogen-bond acceptors (Lipinski definition) is 0. The topological polar surface area (TPSA) is 19.9 Å². The summed E-state index contributed by atoms with van der Waals surface area (Å²) >= 11 is 0. The second kappa shape index (κ2) is 2.02. The van der Waals surface area contributed by atoms with Gasteiger partial charge in [-0.3, -0.25) is 0 Å². The average molecular weight is 107 g/mol. The second-order valence-corrected chi connectivity index (χ2v) is 1.13. The first kappa shape index (κ1) is 6.56. The molecular weight excluding hydrogens is 102 g/mol. The van der Waals surface area contributed by atoms with Crippen molar-refractivity contribution in [1.29, 1.82) is 0 Å². The first-order valence-corrected chi connectivity index (χ1v) is 1.75. The van der Waals surface area contributed by atoms with Crippen LogP contribution in [0.25, 0.3) is 0 Å². The third kappa shape index (κ3) is 5.56. The van der Waals surface area contributed by atoms with E-state index in [0.717, 1.165) is 6.08 Å². The maximum Gasteiger partial charge on any atom is 0.384 e. The van der Waals surface area contributed by atoms with E-state index in [1.54, 1.807) is 0 Å². The Balaban J connectivity index is 3.34. The highest BCUT2D eigenvalue weighted by Crippen LogP contribution is 2.13. The fourth-order valence-corrected chi connectivity index (χ4v) is 0.168. The van der Waals surface area contributed by atoms with Crippen LogP contribution in [0.15, 0.2) is 12.7 Å². The highest BCUT2D eigenvalue weighted by molar-refractivity contribution is 4.69. The zero-order valence-corrected chi connectivity index (χ0v) is 3.66. The van der Waals surface area contributed by atoms with Crippen LogP contribution in [0.1, 0.15) is 6.42 Å². The summed E-state index contributed by atoms with van der Waals surface area (Å²) in [4.78, 5) is 0. The fourth-order valence-electron chi connectivity index (χ4n) is 0.168. The summed E-state index contributed by atoms with van der Waals surface area (Å²) in [5, 5.41) is 9.30. The Morgan fingerprint density at radius 3 is 2.14 bits per heavy atom. The lowest BCUT2D eigenvalue weighted by Crippen LogP contribution is -2.09. The molecule has 0 spiro atoms. The van der Waals surface area contributed by atoms with Gasteiger partial charge in [0.15, 0.2) is 0 Å². The molecule has 1 nitrogen and oxygen atoms in total. The predicted molar refractivity (Wildman–Crippen MR) is 20.4 cm³/mol. The minimum absolute atomic E-state index is 0.785. The molecule has 0 N–H and O–H groups in total. The van der Waals surface area contributed by atoms with E-state index in [-0.39, 0.29) is 0 Å². The molecule has 0 aromatic rings. The molecule has 0 aliphatic rings. The molecule has 0 amide bonds. The summed E-state index contributed by atoms with van der Waals surface area (Å²) < 4.78 is 22.2. The monoisotopic (exact) mass is 107 g/mol. The number of rotatable bonds is 2. The molecule has 3 heteroatoms. The maximum atomic E-state index is 11.1. The Hall–Kier alpha value is -0.440. The number of halogens is 2. The Labute approximate surface area is 40.3 Å². The predicted octanol–water partition coefficient (Wildman–Crippen LogP) is 1.59. The van der Waals surface area contributed by atoms with E-state index in [2.05, 4.69) is 6.58 Å². The van der Waals surface area contributed by atoms with Gasteiger partial charge in [0, 0.05) is 0 Å². The van der Waals surface area contributed by atoms with Crippen LogP contribution in [0.4, 0.5) is 8.78 Å². The van der Waals surface area contributed by atoms with Gasteiger partial charge in [0.1, 0.15) is 0 Å². The van der Waals surface area contributed by atoms with Crippen molar-refractivity contribution in [2.24, 2.45) is 0 Å². The van der Waals surface area contributed by atoms with Gasteiger partial charge in [-0.25, -0.2) is 0 Å². The molecule has 0 saturated heterocycles. The smallest absolute Gasteiger partial charge is 0.173 e. The van der Waals surface area contributed by atoms with Crippen molar-refractivity contribution in [3.05, 3.63) is 12.7 Å². The first-order valence-electron chi connectivity index (χ1n) is 1.75. The minimum Gasteiger partial charge on any atom is -0.173 e. The molecule has 41 valence electrons. The van der Waals surface area contributed by atoms with Crippen LogP contribution in [0.5, 0.6) is 0 Å². The standard InChI is InChI=1S/C4H5F2O/c1-2-3-4(5,6)7/h2H,1,3H2. The lowest BCUT2D eigenvalue weighted by molar-refractivity contribution is -0.237. The molecule has 0 saturated carbocycles. The molecule has 0 bridgehead atoms. The van der Waals surface area contributed by atoms with Gasteiger partial charge in [0.25, 0.3) is 0 Å². The zero-order chi connectivity index (χ0) is 5.91. The highest BCUT2D eigenvalue weighted by Gasteiger charge is 2.23. The molecular formula is C4H5F2O. The molecule has 0 atom stereocenters. The van der Waals surface area contributed by atoms with Gasteiger partial charge in [-0.1, -0.05) is 6.08 Å². The molecule has 0 unspecified atom stereocenters. The quantitative estimate of drug-likeness (QED) is 0.477. The van der Waals surface area contributed by atoms with Gasteiger partial charge in [-0.05, 0) is 0 Å². The summed E-state index contributed by atoms with van der Waals surface area (Å²) in [7, 11) is 0. The normalized spacial score (nSPS) is 11.3. The van der Waals surface area contributed by atoms with E-state index in [1.807, 2.05) is 0 Å². The molecule has 0 heterocycles. The van der Waals surface area contributed by atoms with E-state index in [1.165, 1.54) is 0 Å². The van der Waals surface area contributed by atoms with Crippen molar-refractivity contribution >= 4 is 0 Å². The van der Waals surface area contributed by atoms with Gasteiger partial charge in [0.05, 0.1) is 6.42 Å². The SMILES string of the molecule is C=CCC([O])(F)F. The Morgan fingerprint density at radius 1 is 1.71 bits per heavy atom. The summed E-state index contributed by atoms with van der Waals surface area (Å²) in [5.41, 5.74) is 0. The Morgan fingerprint density at radius 2 is 2.14 bits per heavy atom. The van der Waals surface area contributed by atoms with Crippen LogP contribution < -0.4 is 0 Å². The van der Waals surface area contributed by atoms with Crippen molar-refractivity contribution < 1.29 is 13.9 Å². The minimum atomic E-state index is -3.82. The van der Waals surface area contributed by atoms with Crippen LogP contribution in [-0.4, -0.2) is 6.11 Å².